The number of Topliss-reactive ketones (excluding diaryl/α,β-unsaturated/α-hetero) is 1. The van der Waals surface area contributed by atoms with Crippen molar-refractivity contribution in [2.45, 2.75) is 18.9 Å². The van der Waals surface area contributed by atoms with Gasteiger partial charge in [-0.25, -0.2) is 4.79 Å². The number of nitrogens with zero attached hydrogens (tertiary/aromatic N) is 1. The second-order valence-electron chi connectivity index (χ2n) is 5.62. The Morgan fingerprint density at radius 2 is 2.00 bits per heavy atom. The van der Waals surface area contributed by atoms with E-state index in [1.807, 2.05) is 0 Å². The maximum Gasteiger partial charge on any atom is 0.325 e. The van der Waals surface area contributed by atoms with Crippen molar-refractivity contribution in [3.05, 3.63) is 56.2 Å². The minimum Gasteiger partial charge on any atom is -0.319 e. The Morgan fingerprint density at radius 3 is 2.60 bits per heavy atom. The van der Waals surface area contributed by atoms with E-state index in [0.29, 0.717) is 26.2 Å². The summed E-state index contributed by atoms with van der Waals surface area (Å²) >= 11 is 13.0. The number of halogens is 2. The van der Waals surface area contributed by atoms with Gasteiger partial charge in [0.15, 0.2) is 5.78 Å². The van der Waals surface area contributed by atoms with Gasteiger partial charge in [0.05, 0.1) is 15.8 Å². The fourth-order valence-corrected chi connectivity index (χ4v) is 4.01. The van der Waals surface area contributed by atoms with Crippen LogP contribution in [0, 0.1) is 0 Å². The van der Waals surface area contributed by atoms with Gasteiger partial charge in [-0.1, -0.05) is 42.3 Å². The smallest absolute Gasteiger partial charge is 0.319 e. The molecular weight excluding hydrogens is 383 g/mol. The highest BCUT2D eigenvalue weighted by Crippen LogP contribution is 2.34. The predicted molar refractivity (Wildman–Crippen MR) is 97.3 cm³/mol. The summed E-state index contributed by atoms with van der Waals surface area (Å²) in [6.45, 7) is 1.47. The van der Waals surface area contributed by atoms with Gasteiger partial charge in [-0.3, -0.25) is 14.5 Å². The second kappa shape index (κ2) is 6.78. The summed E-state index contributed by atoms with van der Waals surface area (Å²) < 4.78 is 0.474. The molecule has 1 fully saturated rings. The lowest BCUT2D eigenvalue weighted by molar-refractivity contribution is -0.131. The van der Waals surface area contributed by atoms with Gasteiger partial charge in [-0.15, -0.1) is 11.3 Å². The van der Waals surface area contributed by atoms with Crippen molar-refractivity contribution in [1.82, 2.24) is 10.2 Å². The van der Waals surface area contributed by atoms with Crippen LogP contribution >= 0.6 is 34.5 Å². The molecule has 1 aromatic carbocycles. The molecule has 1 aliphatic heterocycles. The van der Waals surface area contributed by atoms with Crippen molar-refractivity contribution in [3.8, 4) is 0 Å². The van der Waals surface area contributed by atoms with Crippen LogP contribution < -0.4 is 5.32 Å². The molecule has 3 rings (SSSR count). The first-order chi connectivity index (χ1) is 11.9. The number of benzene rings is 1. The molecule has 0 radical (unpaired) electrons. The normalized spacial score (nSPS) is 20.0. The first kappa shape index (κ1) is 17.9. The van der Waals surface area contributed by atoms with Crippen molar-refractivity contribution in [1.29, 1.82) is 0 Å². The average Bonchev–Trinajstić information content (AvgIpc) is 3.12. The number of hydrogen-bond acceptors (Lipinski definition) is 4. The summed E-state index contributed by atoms with van der Waals surface area (Å²) in [5.74, 6) is -0.795. The number of carbonyl (C=O) groups excluding carboxylic acids is 3. The highest BCUT2D eigenvalue weighted by atomic mass is 35.5. The molecule has 2 heterocycles. The van der Waals surface area contributed by atoms with Crippen molar-refractivity contribution in [2.24, 2.45) is 0 Å². The van der Waals surface area contributed by atoms with Gasteiger partial charge in [-0.05, 0) is 36.2 Å². The molecule has 1 N–H and O–H groups in total. The quantitative estimate of drug-likeness (QED) is 0.610. The molecule has 25 heavy (non-hydrogen) atoms. The van der Waals surface area contributed by atoms with E-state index in [1.165, 1.54) is 0 Å². The molecule has 0 bridgehead atoms. The van der Waals surface area contributed by atoms with Crippen LogP contribution in [0.1, 0.15) is 28.6 Å². The largest absolute Gasteiger partial charge is 0.325 e. The molecule has 1 aromatic heterocycles. The van der Waals surface area contributed by atoms with Crippen molar-refractivity contribution in [3.63, 3.8) is 0 Å². The molecule has 1 atom stereocenters. The van der Waals surface area contributed by atoms with Crippen molar-refractivity contribution in [2.75, 3.05) is 6.54 Å². The molecule has 2 aromatic rings. The number of nitrogens with one attached hydrogen (secondary N) is 1. The van der Waals surface area contributed by atoms with Gasteiger partial charge in [0, 0.05) is 5.02 Å². The Balaban J connectivity index is 1.89. The zero-order valence-electron chi connectivity index (χ0n) is 13.2. The van der Waals surface area contributed by atoms with Gasteiger partial charge < -0.3 is 5.32 Å². The summed E-state index contributed by atoms with van der Waals surface area (Å²) in [6, 6.07) is 9.38. The van der Waals surface area contributed by atoms with E-state index in [-0.39, 0.29) is 12.3 Å². The summed E-state index contributed by atoms with van der Waals surface area (Å²) in [7, 11) is 0. The summed E-state index contributed by atoms with van der Waals surface area (Å²) in [6.07, 6.45) is 0.341. The Kier molecular flexibility index (Phi) is 4.86. The number of urea groups is 1. The van der Waals surface area contributed by atoms with E-state index >= 15 is 0 Å². The Labute approximate surface area is 158 Å². The topological polar surface area (TPSA) is 66.5 Å². The van der Waals surface area contributed by atoms with Gasteiger partial charge in [0.1, 0.15) is 5.54 Å². The lowest BCUT2D eigenvalue weighted by atomic mass is 9.87. The molecule has 130 valence electrons. The standard InChI is InChI=1S/C17H14Cl2N2O3S/c1-2-17(10-4-3-5-11(18)8-10)15(23)21(16(24)20-17)9-12(22)13-6-7-14(19)25-13/h3-8H,2,9H2,1H3,(H,20,24)/t17-/m0/s1. The lowest BCUT2D eigenvalue weighted by Gasteiger charge is -2.25. The van der Waals surface area contributed by atoms with E-state index in [4.69, 9.17) is 23.2 Å². The minimum absolute atomic E-state index is 0.330. The lowest BCUT2D eigenvalue weighted by Crippen LogP contribution is -2.43. The first-order valence-corrected chi connectivity index (χ1v) is 9.13. The van der Waals surface area contributed by atoms with Crippen LogP contribution in [0.4, 0.5) is 4.79 Å². The van der Waals surface area contributed by atoms with Gasteiger partial charge in [0.25, 0.3) is 5.91 Å². The highest BCUT2D eigenvalue weighted by molar-refractivity contribution is 7.18. The third kappa shape index (κ3) is 3.17. The van der Waals surface area contributed by atoms with Gasteiger partial charge in [-0.2, -0.15) is 0 Å². The SMILES string of the molecule is CC[C@@]1(c2cccc(Cl)c2)NC(=O)N(CC(=O)c2ccc(Cl)s2)C1=O. The average molecular weight is 397 g/mol. The number of carbonyl (C=O) groups is 3. The molecule has 0 unspecified atom stereocenters. The molecule has 1 saturated heterocycles. The Morgan fingerprint density at radius 1 is 1.24 bits per heavy atom. The fourth-order valence-electron chi connectivity index (χ4n) is 2.85. The van der Waals surface area contributed by atoms with Crippen LogP contribution in [-0.4, -0.2) is 29.2 Å². The number of amides is 3. The zero-order chi connectivity index (χ0) is 18.2. The first-order valence-electron chi connectivity index (χ1n) is 7.56. The van der Waals surface area contributed by atoms with E-state index in [9.17, 15) is 14.4 Å². The van der Waals surface area contributed by atoms with Crippen LogP contribution in [0.25, 0.3) is 0 Å². The number of ketones is 1. The maximum atomic E-state index is 13.0. The molecule has 3 amide bonds. The monoisotopic (exact) mass is 396 g/mol. The van der Waals surface area contributed by atoms with E-state index in [1.54, 1.807) is 43.3 Å². The molecule has 1 aliphatic rings. The molecule has 8 heteroatoms. The second-order valence-corrected chi connectivity index (χ2v) is 7.77. The summed E-state index contributed by atoms with van der Waals surface area (Å²) in [4.78, 5) is 39.1. The zero-order valence-corrected chi connectivity index (χ0v) is 15.5. The number of imide groups is 1. The van der Waals surface area contributed by atoms with Crippen molar-refractivity contribution < 1.29 is 14.4 Å². The van der Waals surface area contributed by atoms with E-state index in [0.717, 1.165) is 16.2 Å². The fraction of sp³-hybridized carbons (Fsp3) is 0.235. The number of thiophene rings is 1. The highest BCUT2D eigenvalue weighted by Gasteiger charge is 2.51. The molecule has 5 nitrogen and oxygen atoms in total. The third-order valence-corrected chi connectivity index (χ3v) is 5.68. The van der Waals surface area contributed by atoms with E-state index in [2.05, 4.69) is 5.32 Å². The molecule has 0 spiro atoms. The van der Waals surface area contributed by atoms with Gasteiger partial charge >= 0.3 is 6.03 Å². The van der Waals surface area contributed by atoms with Gasteiger partial charge in [0.2, 0.25) is 0 Å². The van der Waals surface area contributed by atoms with Crippen molar-refractivity contribution >= 4 is 52.3 Å². The predicted octanol–water partition coefficient (Wildman–Crippen LogP) is 4.09. The summed E-state index contributed by atoms with van der Waals surface area (Å²) in [5, 5.41) is 3.19. The molecular formula is C17H14Cl2N2O3S. The van der Waals surface area contributed by atoms with E-state index < -0.39 is 17.5 Å². The Hall–Kier alpha value is -1.89. The number of rotatable bonds is 5. The Bertz CT molecular complexity index is 867. The maximum absolute atomic E-state index is 13.0. The number of hydrogen-bond donors (Lipinski definition) is 1. The van der Waals surface area contributed by atoms with Crippen LogP contribution in [0.5, 0.6) is 0 Å². The van der Waals surface area contributed by atoms with Crippen LogP contribution in [0.3, 0.4) is 0 Å². The molecule has 0 saturated carbocycles. The van der Waals surface area contributed by atoms with Crippen LogP contribution in [0.15, 0.2) is 36.4 Å². The summed E-state index contributed by atoms with van der Waals surface area (Å²) in [5.41, 5.74) is -0.620. The van der Waals surface area contributed by atoms with Crippen LogP contribution in [0.2, 0.25) is 9.36 Å². The van der Waals surface area contributed by atoms with Crippen LogP contribution in [-0.2, 0) is 10.3 Å². The third-order valence-electron chi connectivity index (χ3n) is 4.17. The molecule has 0 aliphatic carbocycles. The minimum atomic E-state index is -1.21.